The van der Waals surface area contributed by atoms with Crippen molar-refractivity contribution in [1.82, 2.24) is 0 Å². The molecule has 0 spiro atoms. The van der Waals surface area contributed by atoms with Gasteiger partial charge in [0.05, 0.1) is 16.2 Å². The molecule has 0 aliphatic rings. The van der Waals surface area contributed by atoms with Gasteiger partial charge < -0.3 is 25.1 Å². The summed E-state index contributed by atoms with van der Waals surface area (Å²) in [6, 6.07) is 4.49. The Morgan fingerprint density at radius 3 is 1.74 bits per heavy atom. The Morgan fingerprint density at radius 1 is 0.842 bits per heavy atom. The molecule has 0 saturated carbocycles. The molecule has 0 saturated heterocycles. The molecule has 0 radical (unpaired) electrons. The van der Waals surface area contributed by atoms with Crippen LogP contribution in [0.15, 0.2) is 18.2 Å². The van der Waals surface area contributed by atoms with Crippen molar-refractivity contribution in [2.75, 3.05) is 0 Å². The van der Waals surface area contributed by atoms with Crippen LogP contribution in [0.2, 0.25) is 0 Å². The fourth-order valence-electron chi connectivity index (χ4n) is 3.10. The van der Waals surface area contributed by atoms with Crippen LogP contribution in [0.3, 0.4) is 0 Å². The van der Waals surface area contributed by atoms with Gasteiger partial charge in [0.25, 0.3) is 0 Å². The van der Waals surface area contributed by atoms with Crippen LogP contribution in [-0.4, -0.2) is 40.6 Å². The SMILES string of the molecule is CCC(C)(C)C(=O)Oc1ccc(CC(N)(C[C@H](C)OC(=O)C(C)(C)C)C(=O)O)cc1OC(=O)C(C)(C)CC. The van der Waals surface area contributed by atoms with E-state index in [2.05, 4.69) is 0 Å². The van der Waals surface area contributed by atoms with Gasteiger partial charge >= 0.3 is 23.9 Å². The zero-order chi connectivity index (χ0) is 29.7. The van der Waals surface area contributed by atoms with Gasteiger partial charge in [-0.2, -0.15) is 0 Å². The monoisotopic (exact) mass is 535 g/mol. The zero-order valence-electron chi connectivity index (χ0n) is 24.5. The molecule has 38 heavy (non-hydrogen) atoms. The molecule has 9 nitrogen and oxygen atoms in total. The summed E-state index contributed by atoms with van der Waals surface area (Å²) in [5.41, 5.74) is 2.65. The van der Waals surface area contributed by atoms with Crippen molar-refractivity contribution in [3.8, 4) is 11.5 Å². The molecule has 0 aliphatic heterocycles. The molecule has 0 heterocycles. The van der Waals surface area contributed by atoms with E-state index in [4.69, 9.17) is 19.9 Å². The predicted octanol–water partition coefficient (Wildman–Crippen LogP) is 5.06. The van der Waals surface area contributed by atoms with E-state index >= 15 is 0 Å². The first-order valence-electron chi connectivity index (χ1n) is 13.0. The first-order chi connectivity index (χ1) is 17.2. The predicted molar refractivity (Wildman–Crippen MR) is 144 cm³/mol. The van der Waals surface area contributed by atoms with Crippen LogP contribution in [0.1, 0.15) is 94.1 Å². The Morgan fingerprint density at radius 2 is 1.32 bits per heavy atom. The lowest BCUT2D eigenvalue weighted by Crippen LogP contribution is -2.52. The Bertz CT molecular complexity index is 1040. The van der Waals surface area contributed by atoms with Gasteiger partial charge in [0.1, 0.15) is 11.6 Å². The van der Waals surface area contributed by atoms with Crippen LogP contribution in [0.5, 0.6) is 11.5 Å². The number of carbonyl (C=O) groups excluding carboxylic acids is 3. The second-order valence-corrected chi connectivity index (χ2v) is 12.3. The van der Waals surface area contributed by atoms with Crippen molar-refractivity contribution in [1.29, 1.82) is 0 Å². The molecule has 3 N–H and O–H groups in total. The number of aliphatic carboxylic acids is 1. The van der Waals surface area contributed by atoms with E-state index in [0.717, 1.165) is 0 Å². The number of ether oxygens (including phenoxy) is 3. The Balaban J connectivity index is 3.37. The smallest absolute Gasteiger partial charge is 0.324 e. The molecule has 1 rings (SSSR count). The van der Waals surface area contributed by atoms with Gasteiger partial charge in [0.2, 0.25) is 0 Å². The molecule has 0 aliphatic carbocycles. The fourth-order valence-corrected chi connectivity index (χ4v) is 3.10. The summed E-state index contributed by atoms with van der Waals surface area (Å²) in [4.78, 5) is 50.1. The molecule has 2 atom stereocenters. The number of esters is 3. The first-order valence-corrected chi connectivity index (χ1v) is 13.0. The van der Waals surface area contributed by atoms with Gasteiger partial charge in [-0.1, -0.05) is 19.9 Å². The van der Waals surface area contributed by atoms with Crippen LogP contribution in [0.4, 0.5) is 0 Å². The van der Waals surface area contributed by atoms with E-state index in [1.54, 1.807) is 61.5 Å². The molecule has 0 bridgehead atoms. The number of carboxylic acid groups (broad SMARTS) is 1. The van der Waals surface area contributed by atoms with Crippen LogP contribution in [0.25, 0.3) is 0 Å². The van der Waals surface area contributed by atoms with Crippen molar-refractivity contribution in [3.05, 3.63) is 23.8 Å². The number of hydrogen-bond donors (Lipinski definition) is 2. The van der Waals surface area contributed by atoms with E-state index in [-0.39, 0.29) is 24.3 Å². The summed E-state index contributed by atoms with van der Waals surface area (Å²) in [6.07, 6.45) is -0.0185. The number of nitrogens with two attached hydrogens (primary N) is 1. The molecule has 9 heteroatoms. The fraction of sp³-hybridized carbons (Fsp3) is 0.655. The Hall–Kier alpha value is -2.94. The van der Waals surface area contributed by atoms with Gasteiger partial charge in [0.15, 0.2) is 11.5 Å². The molecule has 1 unspecified atom stereocenters. The molecule has 0 fully saturated rings. The maximum absolute atomic E-state index is 12.9. The number of rotatable bonds is 12. The normalized spacial score (nSPS) is 14.7. The highest BCUT2D eigenvalue weighted by Crippen LogP contribution is 2.35. The number of carboxylic acids is 1. The van der Waals surface area contributed by atoms with Crippen LogP contribution >= 0.6 is 0 Å². The molecule has 1 aromatic carbocycles. The van der Waals surface area contributed by atoms with Crippen molar-refractivity contribution < 1.29 is 38.5 Å². The quantitative estimate of drug-likeness (QED) is 0.277. The first kappa shape index (κ1) is 33.1. The van der Waals surface area contributed by atoms with Crippen LogP contribution in [-0.2, 0) is 30.3 Å². The van der Waals surface area contributed by atoms with Gasteiger partial charge in [-0.05, 0) is 85.9 Å². The van der Waals surface area contributed by atoms with Gasteiger partial charge in [-0.15, -0.1) is 0 Å². The second-order valence-electron chi connectivity index (χ2n) is 12.3. The Labute approximate surface area is 226 Å². The maximum atomic E-state index is 12.9. The van der Waals surface area contributed by atoms with Crippen LogP contribution < -0.4 is 15.2 Å². The third kappa shape index (κ3) is 8.82. The highest BCUT2D eigenvalue weighted by atomic mass is 16.6. The lowest BCUT2D eigenvalue weighted by atomic mass is 9.86. The molecular formula is C29H45NO8. The van der Waals surface area contributed by atoms with Crippen molar-refractivity contribution >= 4 is 23.9 Å². The van der Waals surface area contributed by atoms with Crippen molar-refractivity contribution in [2.45, 2.75) is 107 Å². The van der Waals surface area contributed by atoms with Crippen molar-refractivity contribution in [3.63, 3.8) is 0 Å². The molecule has 0 amide bonds. The van der Waals surface area contributed by atoms with E-state index in [1.165, 1.54) is 12.1 Å². The van der Waals surface area contributed by atoms with E-state index < -0.39 is 51.8 Å². The zero-order valence-corrected chi connectivity index (χ0v) is 24.5. The average Bonchev–Trinajstić information content (AvgIpc) is 2.79. The number of hydrogen-bond acceptors (Lipinski definition) is 8. The summed E-state index contributed by atoms with van der Waals surface area (Å²) < 4.78 is 16.7. The second kappa shape index (κ2) is 12.3. The summed E-state index contributed by atoms with van der Waals surface area (Å²) in [6.45, 7) is 17.4. The number of benzene rings is 1. The van der Waals surface area contributed by atoms with Gasteiger partial charge in [0, 0.05) is 12.8 Å². The minimum absolute atomic E-state index is 0.00535. The molecule has 214 valence electrons. The standard InChI is InChI=1S/C29H45NO8/c1-11-27(7,8)24(34)37-20-14-13-19(15-21(20)38-25(35)28(9,10)12-2)17-29(30,22(31)32)16-18(3)36-23(33)26(4,5)6/h13-15,18H,11-12,16-17,30H2,1-10H3,(H,31,32)/t18-,29?/m0/s1. The van der Waals surface area contributed by atoms with E-state index in [1.807, 2.05) is 13.8 Å². The van der Waals surface area contributed by atoms with Crippen LogP contribution in [0, 0.1) is 16.2 Å². The van der Waals surface area contributed by atoms with Gasteiger partial charge in [-0.3, -0.25) is 19.2 Å². The topological polar surface area (TPSA) is 142 Å². The molecule has 0 aromatic heterocycles. The number of carbonyl (C=O) groups is 4. The van der Waals surface area contributed by atoms with Gasteiger partial charge in [-0.25, -0.2) is 0 Å². The minimum atomic E-state index is -1.79. The maximum Gasteiger partial charge on any atom is 0.324 e. The molecule has 1 aromatic rings. The lowest BCUT2D eigenvalue weighted by Gasteiger charge is -2.29. The highest BCUT2D eigenvalue weighted by molar-refractivity contribution is 5.82. The molecular weight excluding hydrogens is 490 g/mol. The average molecular weight is 536 g/mol. The third-order valence-electron chi connectivity index (χ3n) is 6.80. The highest BCUT2D eigenvalue weighted by Gasteiger charge is 2.38. The minimum Gasteiger partial charge on any atom is -0.480 e. The summed E-state index contributed by atoms with van der Waals surface area (Å²) >= 11 is 0. The third-order valence-corrected chi connectivity index (χ3v) is 6.80. The lowest BCUT2D eigenvalue weighted by molar-refractivity contribution is -0.160. The Kier molecular flexibility index (Phi) is 10.7. The van der Waals surface area contributed by atoms with E-state index in [0.29, 0.717) is 18.4 Å². The summed E-state index contributed by atoms with van der Waals surface area (Å²) in [5.74, 6) is -2.72. The summed E-state index contributed by atoms with van der Waals surface area (Å²) in [7, 11) is 0. The van der Waals surface area contributed by atoms with E-state index in [9.17, 15) is 24.3 Å². The summed E-state index contributed by atoms with van der Waals surface area (Å²) in [5, 5.41) is 9.96. The largest absolute Gasteiger partial charge is 0.480 e. The van der Waals surface area contributed by atoms with Crippen molar-refractivity contribution in [2.24, 2.45) is 22.0 Å².